The third kappa shape index (κ3) is 4.46. The number of rotatable bonds is 3. The molecule has 0 saturated heterocycles. The Bertz CT molecular complexity index is 982. The van der Waals surface area contributed by atoms with E-state index in [0.717, 1.165) is 0 Å². The summed E-state index contributed by atoms with van der Waals surface area (Å²) < 4.78 is 5.19. The van der Waals surface area contributed by atoms with Gasteiger partial charge >= 0.3 is 0 Å². The number of nitrogen functional groups attached to an aromatic ring is 1. The number of ether oxygens (including phenoxy) is 1. The van der Waals surface area contributed by atoms with Gasteiger partial charge in [0.2, 0.25) is 5.88 Å². The molecule has 4 rings (SSSR count). The number of fused-ring (bicyclic) bond motifs is 1. The zero-order chi connectivity index (χ0) is 20.1. The molecule has 0 aliphatic heterocycles. The van der Waals surface area contributed by atoms with E-state index in [4.69, 9.17) is 33.7 Å². The average molecular weight is 414 g/mol. The van der Waals surface area contributed by atoms with Gasteiger partial charge in [0, 0.05) is 10.6 Å². The van der Waals surface area contributed by atoms with Crippen molar-refractivity contribution in [2.75, 3.05) is 12.8 Å². The van der Waals surface area contributed by atoms with E-state index in [9.17, 15) is 0 Å². The highest BCUT2D eigenvalue weighted by Gasteiger charge is 2.15. The fraction of sp³-hybridized carbons (Fsp3) is 0.182. The van der Waals surface area contributed by atoms with Crippen molar-refractivity contribution in [3.05, 3.63) is 75.9 Å². The van der Waals surface area contributed by atoms with E-state index < -0.39 is 0 Å². The van der Waals surface area contributed by atoms with Gasteiger partial charge < -0.3 is 10.5 Å². The molecule has 0 fully saturated rings. The maximum Gasteiger partial charge on any atom is 0.242 e. The third-order valence-corrected chi connectivity index (χ3v) is 5.05. The van der Waals surface area contributed by atoms with Gasteiger partial charge in [-0.15, -0.1) is 0 Å². The number of methoxy groups -OCH3 is 1. The predicted molar refractivity (Wildman–Crippen MR) is 117 cm³/mol. The largest absolute Gasteiger partial charge is 0.479 e. The number of hydrogen-bond donors (Lipinski definition) is 1. The molecule has 144 valence electrons. The van der Waals surface area contributed by atoms with Gasteiger partial charge in [-0.25, -0.2) is 4.98 Å². The Morgan fingerprint density at radius 2 is 1.75 bits per heavy atom. The van der Waals surface area contributed by atoms with E-state index in [0.29, 0.717) is 32.9 Å². The van der Waals surface area contributed by atoms with Gasteiger partial charge in [-0.2, -0.15) is 4.98 Å². The molecule has 3 aromatic rings. The van der Waals surface area contributed by atoms with Crippen molar-refractivity contribution < 1.29 is 4.74 Å². The summed E-state index contributed by atoms with van der Waals surface area (Å²) >= 11 is 12.0. The minimum atomic E-state index is 0.251. The smallest absolute Gasteiger partial charge is 0.242 e. The van der Waals surface area contributed by atoms with Gasteiger partial charge in [-0.3, -0.25) is 0 Å². The topological polar surface area (TPSA) is 61.0 Å². The van der Waals surface area contributed by atoms with Crippen LogP contribution < -0.4 is 10.5 Å². The second-order valence-electron chi connectivity index (χ2n) is 6.30. The Morgan fingerprint density at radius 1 is 1.07 bits per heavy atom. The zero-order valence-corrected chi connectivity index (χ0v) is 17.1. The van der Waals surface area contributed by atoms with Crippen molar-refractivity contribution in [3.8, 4) is 17.1 Å². The van der Waals surface area contributed by atoms with Crippen LogP contribution in [0, 0.1) is 0 Å². The second kappa shape index (κ2) is 9.09. The predicted octanol–water partition coefficient (Wildman–Crippen LogP) is 5.86. The molecule has 2 N–H and O–H groups in total. The normalized spacial score (nSPS) is 12.0. The number of halogens is 2. The van der Waals surface area contributed by atoms with E-state index in [-0.39, 0.29) is 5.82 Å². The molecule has 2 aromatic carbocycles. The van der Waals surface area contributed by atoms with E-state index in [1.807, 2.05) is 0 Å². The summed E-state index contributed by atoms with van der Waals surface area (Å²) in [7, 11) is 1.49. The molecule has 1 heterocycles. The number of anilines is 1. The average Bonchev–Trinajstić information content (AvgIpc) is 3.17. The highest BCUT2D eigenvalue weighted by molar-refractivity contribution is 6.36. The van der Waals surface area contributed by atoms with Crippen LogP contribution in [0.1, 0.15) is 23.2 Å². The molecule has 4 nitrogen and oxygen atoms in total. The zero-order valence-electron chi connectivity index (χ0n) is 15.6. The Hall–Kier alpha value is -2.56. The van der Waals surface area contributed by atoms with Gasteiger partial charge in [0.15, 0.2) is 5.82 Å². The van der Waals surface area contributed by atoms with E-state index in [1.165, 1.54) is 32.4 Å². The summed E-state index contributed by atoms with van der Waals surface area (Å²) in [5.41, 5.74) is 10.5. The van der Waals surface area contributed by atoms with Crippen LogP contribution >= 0.6 is 23.2 Å². The molecule has 0 radical (unpaired) electrons. The van der Waals surface area contributed by atoms with Crippen LogP contribution in [-0.2, 0) is 12.8 Å². The van der Waals surface area contributed by atoms with Crippen LogP contribution in [0.4, 0.5) is 5.82 Å². The first-order chi connectivity index (χ1) is 13.5. The minimum Gasteiger partial charge on any atom is -0.479 e. The van der Waals surface area contributed by atoms with Gasteiger partial charge in [-0.05, 0) is 54.7 Å². The van der Waals surface area contributed by atoms with Gasteiger partial charge in [-0.1, -0.05) is 54.0 Å². The summed E-state index contributed by atoms with van der Waals surface area (Å²) in [5, 5.41) is 1.000. The molecule has 1 aromatic heterocycles. The van der Waals surface area contributed by atoms with Crippen molar-refractivity contribution >= 4 is 35.1 Å². The van der Waals surface area contributed by atoms with Gasteiger partial charge in [0.25, 0.3) is 0 Å². The SMILES string of the molecule is C=Cc1nc(-c2ccc(Cl)cc2Cl)c(OC)nc1N.c1ccc2c(c1)CCC2. The Kier molecular flexibility index (Phi) is 6.55. The lowest BCUT2D eigenvalue weighted by Gasteiger charge is -2.11. The van der Waals surface area contributed by atoms with Crippen LogP contribution in [0.5, 0.6) is 5.88 Å². The number of aromatic nitrogens is 2. The van der Waals surface area contributed by atoms with Crippen LogP contribution in [0.25, 0.3) is 17.3 Å². The molecule has 0 spiro atoms. The highest BCUT2D eigenvalue weighted by atomic mass is 35.5. The standard InChI is InChI=1S/C13H11Cl2N3O.C9H10/c1-3-10-12(16)18-13(19-2)11(17-10)8-5-4-7(14)6-9(8)15;1-2-5-9-7-3-6-8(9)4-1/h3-6H,1H2,2H3,(H2,16,18);1-2,4-5H,3,6-7H2. The first kappa shape index (κ1) is 20.2. The molecule has 0 amide bonds. The summed E-state index contributed by atoms with van der Waals surface area (Å²) in [6.45, 7) is 3.64. The highest BCUT2D eigenvalue weighted by Crippen LogP contribution is 2.34. The summed E-state index contributed by atoms with van der Waals surface area (Å²) in [6, 6.07) is 13.8. The lowest BCUT2D eigenvalue weighted by atomic mass is 10.1. The Balaban J connectivity index is 0.000000206. The molecule has 6 heteroatoms. The molecular formula is C22H21Cl2N3O. The Labute approximate surface area is 175 Å². The monoisotopic (exact) mass is 413 g/mol. The first-order valence-corrected chi connectivity index (χ1v) is 9.65. The maximum absolute atomic E-state index is 6.16. The summed E-state index contributed by atoms with van der Waals surface area (Å²) in [5.74, 6) is 0.549. The van der Waals surface area contributed by atoms with E-state index >= 15 is 0 Å². The molecule has 1 aliphatic rings. The van der Waals surface area contributed by atoms with E-state index in [1.54, 1.807) is 29.3 Å². The summed E-state index contributed by atoms with van der Waals surface area (Å²) in [4.78, 5) is 8.50. The number of hydrogen-bond acceptors (Lipinski definition) is 4. The number of benzene rings is 2. The molecule has 0 bridgehead atoms. The van der Waals surface area contributed by atoms with Gasteiger partial charge in [0.05, 0.1) is 12.1 Å². The van der Waals surface area contributed by atoms with Crippen LogP contribution in [0.3, 0.4) is 0 Å². The second-order valence-corrected chi connectivity index (χ2v) is 7.15. The first-order valence-electron chi connectivity index (χ1n) is 8.89. The fourth-order valence-electron chi connectivity index (χ4n) is 3.11. The molecule has 0 saturated carbocycles. The van der Waals surface area contributed by atoms with Crippen molar-refractivity contribution in [3.63, 3.8) is 0 Å². The third-order valence-electron chi connectivity index (χ3n) is 4.50. The molecule has 0 atom stereocenters. The quantitative estimate of drug-likeness (QED) is 0.583. The van der Waals surface area contributed by atoms with Crippen LogP contribution in [-0.4, -0.2) is 17.1 Å². The van der Waals surface area contributed by atoms with Crippen molar-refractivity contribution in [2.45, 2.75) is 19.3 Å². The minimum absolute atomic E-state index is 0.251. The molecule has 0 unspecified atom stereocenters. The number of aryl methyl sites for hydroxylation is 2. The van der Waals surface area contributed by atoms with Crippen molar-refractivity contribution in [2.24, 2.45) is 0 Å². The molecule has 28 heavy (non-hydrogen) atoms. The molecule has 1 aliphatic carbocycles. The van der Waals surface area contributed by atoms with Crippen molar-refractivity contribution in [1.29, 1.82) is 0 Å². The summed E-state index contributed by atoms with van der Waals surface area (Å²) in [6.07, 6.45) is 5.49. The fourth-order valence-corrected chi connectivity index (χ4v) is 3.61. The Morgan fingerprint density at radius 3 is 2.32 bits per heavy atom. The maximum atomic E-state index is 6.16. The molecular weight excluding hydrogens is 393 g/mol. The number of nitrogens with zero attached hydrogens (tertiary/aromatic N) is 2. The lowest BCUT2D eigenvalue weighted by Crippen LogP contribution is -2.03. The van der Waals surface area contributed by atoms with Crippen LogP contribution in [0.15, 0.2) is 49.0 Å². The van der Waals surface area contributed by atoms with Gasteiger partial charge in [0.1, 0.15) is 11.4 Å². The lowest BCUT2D eigenvalue weighted by molar-refractivity contribution is 0.398. The van der Waals surface area contributed by atoms with Crippen LogP contribution in [0.2, 0.25) is 10.0 Å². The van der Waals surface area contributed by atoms with Crippen molar-refractivity contribution in [1.82, 2.24) is 9.97 Å². The van der Waals surface area contributed by atoms with E-state index in [2.05, 4.69) is 40.8 Å². The number of nitrogens with two attached hydrogens (primary N) is 1.